The van der Waals surface area contributed by atoms with E-state index in [1.165, 1.54) is 34.6 Å². The van der Waals surface area contributed by atoms with Crippen LogP contribution in [0.5, 0.6) is 0 Å². The molecule has 20 nitrogen and oxygen atoms in total. The summed E-state index contributed by atoms with van der Waals surface area (Å²) in [5, 5.41) is 101. The zero-order valence-corrected chi connectivity index (χ0v) is 48.5. The van der Waals surface area contributed by atoms with E-state index in [9.17, 15) is 55.2 Å². The number of ether oxygens (including phenoxy) is 4. The number of hydrogen-bond donors (Lipinski definition) is 10. The van der Waals surface area contributed by atoms with Crippen LogP contribution in [0.4, 0.5) is 4.79 Å². The van der Waals surface area contributed by atoms with Crippen molar-refractivity contribution in [3.8, 4) is 0 Å². The number of nitrogens with one attached hydrogen (secondary N) is 2. The van der Waals surface area contributed by atoms with E-state index in [4.69, 9.17) is 29.0 Å². The molecular weight excluding hydrogens is 923 g/mol. The van der Waals surface area contributed by atoms with E-state index in [0.29, 0.717) is 19.5 Å². The Hall–Kier alpha value is 0.513. The van der Waals surface area contributed by atoms with E-state index >= 15 is 0 Å². The maximum Gasteiger partial charge on any atom is 1.00 e. The summed E-state index contributed by atoms with van der Waals surface area (Å²) < 4.78 is 22.1. The Kier molecular flexibility index (Phi) is 31.1. The van der Waals surface area contributed by atoms with Crippen molar-refractivity contribution in [1.29, 1.82) is 0 Å². The van der Waals surface area contributed by atoms with Gasteiger partial charge in [0, 0.05) is 23.9 Å². The fraction of sp³-hybridized carbons (Fsp3) is 0.909. The number of hydrogen-bond acceptors (Lipinski definition) is 20. The molecule has 3 saturated heterocycles. The standard InChI is InChI=1S/C22H39NO8.C21H41NO7.CH2O3.2K.H/c1-8-15-22(7)18(30-20(27)31-22)14(5)23-10-11(2)9-21(6,28)17(25)12(3)16(24)13(4)19(26)29-15;1-8-15-21(7,28)18(25)14(5)22-10-11(2)9-20(6,27)17(24)12(3)16(23)13(4)19(26)29-15;2-1-4-3;;;/h11-18,23-25,28H,8-10H2,1-7H3;11-18,22-25,27-28H,8-10H2,1-7H3;1,3H;;;/q;;;2*+1;-1/p-1/t11-,12+,13-,14-,15-,16?,17-,18?,21-,22-;11-,12+,13-,14-,15-,16?,17-,18-,20-,21-;;;;/m11..../s1. The zero-order chi connectivity index (χ0) is 49.9. The van der Waals surface area contributed by atoms with Gasteiger partial charge in [-0.2, -0.15) is 0 Å². The summed E-state index contributed by atoms with van der Waals surface area (Å²) in [4.78, 5) is 48.8. The van der Waals surface area contributed by atoms with E-state index in [1.54, 1.807) is 34.6 Å². The molecule has 0 saturated carbocycles. The van der Waals surface area contributed by atoms with Gasteiger partial charge in [-0.15, -0.1) is 0 Å². The molecule has 3 heterocycles. The van der Waals surface area contributed by atoms with Crippen molar-refractivity contribution in [3.63, 3.8) is 0 Å². The maximum absolute atomic E-state index is 12.9. The number of cyclic esters (lactones) is 2. The minimum Gasteiger partial charge on any atom is -1.00 e. The fourth-order valence-corrected chi connectivity index (χ4v) is 9.23. The van der Waals surface area contributed by atoms with Crippen molar-refractivity contribution in [1.82, 2.24) is 10.6 Å². The van der Waals surface area contributed by atoms with Gasteiger partial charge < -0.3 is 82.0 Å². The van der Waals surface area contributed by atoms with Crippen LogP contribution in [0, 0.1) is 35.5 Å². The summed E-state index contributed by atoms with van der Waals surface area (Å²) in [6.07, 6.45) is -8.36. The minimum atomic E-state index is -1.71. The third-order valence-corrected chi connectivity index (χ3v) is 13.4. The molecular formula is C44H82K2N2O18. The molecule has 3 unspecified atom stereocenters. The molecule has 3 aliphatic rings. The van der Waals surface area contributed by atoms with E-state index < -0.39 is 119 Å². The van der Waals surface area contributed by atoms with E-state index in [0.717, 1.165) is 0 Å². The average molecular weight is 1010 g/mol. The third-order valence-electron chi connectivity index (χ3n) is 13.4. The molecule has 3 rings (SSSR count). The van der Waals surface area contributed by atoms with Gasteiger partial charge in [0.05, 0.1) is 47.5 Å². The van der Waals surface area contributed by atoms with Crippen LogP contribution in [0.2, 0.25) is 0 Å². The predicted molar refractivity (Wildman–Crippen MR) is 229 cm³/mol. The van der Waals surface area contributed by atoms with Crippen LogP contribution in [-0.4, -0.2) is 162 Å². The van der Waals surface area contributed by atoms with Gasteiger partial charge in [-0.25, -0.2) is 4.79 Å². The Morgan fingerprint density at radius 3 is 1.39 bits per heavy atom. The molecule has 20 atom stereocenters. The smallest absolute Gasteiger partial charge is 1.00 e. The van der Waals surface area contributed by atoms with Gasteiger partial charge in [-0.3, -0.25) is 14.4 Å². The third kappa shape index (κ3) is 18.5. The van der Waals surface area contributed by atoms with Crippen molar-refractivity contribution < 1.29 is 193 Å². The normalized spacial score (nSPS) is 44.4. The number of carbonyl (C=O) groups is 4. The second kappa shape index (κ2) is 29.9. The van der Waals surface area contributed by atoms with E-state index in [1.807, 2.05) is 27.7 Å². The number of rotatable bonds is 3. The van der Waals surface area contributed by atoms with Crippen LogP contribution in [0.3, 0.4) is 0 Å². The van der Waals surface area contributed by atoms with Gasteiger partial charge >= 0.3 is 121 Å². The number of esters is 2. The molecule has 22 heteroatoms. The molecule has 0 aromatic carbocycles. The Labute approximate surface area is 477 Å². The first-order valence-corrected chi connectivity index (χ1v) is 22.4. The molecule has 3 fully saturated rings. The monoisotopic (exact) mass is 1000 g/mol. The maximum atomic E-state index is 12.9. The second-order valence-corrected chi connectivity index (χ2v) is 19.5. The van der Waals surface area contributed by atoms with Crippen molar-refractivity contribution in [2.75, 3.05) is 13.1 Å². The molecule has 0 aliphatic carbocycles. The molecule has 0 bridgehead atoms. The van der Waals surface area contributed by atoms with Gasteiger partial charge in [0.15, 0.2) is 11.7 Å². The molecule has 0 amide bonds. The Balaban J connectivity index is -0.00000109. The van der Waals surface area contributed by atoms with Crippen molar-refractivity contribution >= 4 is 24.6 Å². The first-order valence-electron chi connectivity index (χ1n) is 22.4. The first kappa shape index (κ1) is 68.6. The van der Waals surface area contributed by atoms with Crippen LogP contribution in [0.1, 0.15) is 124 Å². The summed E-state index contributed by atoms with van der Waals surface area (Å²) in [6, 6.07) is -0.837. The summed E-state index contributed by atoms with van der Waals surface area (Å²) in [5.41, 5.74) is -5.87. The Morgan fingerprint density at radius 2 is 1.03 bits per heavy atom. The number of aliphatic hydroxyl groups is 8. The number of carbonyl (C=O) groups excluding carboxylic acids is 4. The second-order valence-electron chi connectivity index (χ2n) is 19.5. The summed E-state index contributed by atoms with van der Waals surface area (Å²) in [7, 11) is 0. The average Bonchev–Trinajstić information content (AvgIpc) is 3.55. The minimum absolute atomic E-state index is 0. The van der Waals surface area contributed by atoms with E-state index in [2.05, 4.69) is 15.5 Å². The quantitative estimate of drug-likeness (QED) is 0.0314. The molecule has 0 aromatic heterocycles. The Bertz CT molecular complexity index is 1490. The van der Waals surface area contributed by atoms with Crippen LogP contribution < -0.4 is 119 Å². The largest absolute Gasteiger partial charge is 1.00 e. The molecule has 0 aromatic rings. The number of aliphatic hydroxyl groups excluding tert-OH is 5. The van der Waals surface area contributed by atoms with Gasteiger partial charge in [0.1, 0.15) is 23.9 Å². The van der Waals surface area contributed by atoms with Crippen LogP contribution in [0.15, 0.2) is 0 Å². The summed E-state index contributed by atoms with van der Waals surface area (Å²) >= 11 is 0. The van der Waals surface area contributed by atoms with Gasteiger partial charge in [-0.1, -0.05) is 41.5 Å². The fourth-order valence-electron chi connectivity index (χ4n) is 9.23. The first-order chi connectivity index (χ1) is 29.3. The molecule has 10 N–H and O–H groups in total. The molecule has 378 valence electrons. The molecule has 0 radical (unpaired) electrons. The van der Waals surface area contributed by atoms with Crippen LogP contribution in [0.25, 0.3) is 0 Å². The van der Waals surface area contributed by atoms with Gasteiger partial charge in [0.25, 0.3) is 6.47 Å². The van der Waals surface area contributed by atoms with Gasteiger partial charge in [0.2, 0.25) is 0 Å². The zero-order valence-electron chi connectivity index (χ0n) is 43.2. The van der Waals surface area contributed by atoms with Crippen molar-refractivity contribution in [2.45, 2.75) is 206 Å². The Morgan fingerprint density at radius 1 is 0.667 bits per heavy atom. The molecule has 66 heavy (non-hydrogen) atoms. The SMILES string of the molecule is CC[C@H]1OC(=O)[C@H](C)C(O)[C@H](C)[C@@H](O)[C@](C)(O)C[C@@H](C)CN[C@H](C)C2OC(=O)O[C@@]21C.CC[C@H]1OC(=O)[C@H](C)C(O)[C@H](C)[C@@H](O)[C@](C)(O)C[C@@H](C)CN[C@H](C)[C@@H](O)[C@]1(C)O.O=CO[O-].[H-].[K+].[K+]. The van der Waals surface area contributed by atoms with E-state index in [-0.39, 0.29) is 148 Å². The number of fused-ring (bicyclic) bond motifs is 1. The van der Waals surface area contributed by atoms with Crippen LogP contribution in [-0.2, 0) is 38.2 Å². The van der Waals surface area contributed by atoms with Crippen molar-refractivity contribution in [2.24, 2.45) is 35.5 Å². The van der Waals surface area contributed by atoms with Crippen LogP contribution >= 0.6 is 0 Å². The van der Waals surface area contributed by atoms with Gasteiger partial charge in [-0.05, 0) is 106 Å². The summed E-state index contributed by atoms with van der Waals surface area (Å²) in [6.45, 7) is 24.0. The molecule has 0 spiro atoms. The molecule has 3 aliphatic heterocycles. The summed E-state index contributed by atoms with van der Waals surface area (Å²) in [5.74, 6) is -5.04. The predicted octanol–water partition coefficient (Wildman–Crippen LogP) is -5.90. The van der Waals surface area contributed by atoms with Crippen molar-refractivity contribution in [3.05, 3.63) is 0 Å². The topological polar surface area (TPSA) is 323 Å².